The van der Waals surface area contributed by atoms with Crippen molar-refractivity contribution in [1.82, 2.24) is 10.2 Å². The number of ether oxygens (including phenoxy) is 1. The van der Waals surface area contributed by atoms with Gasteiger partial charge in [0.1, 0.15) is 0 Å². The predicted octanol–water partition coefficient (Wildman–Crippen LogP) is 2.90. The Balaban J connectivity index is 1.88. The summed E-state index contributed by atoms with van der Waals surface area (Å²) >= 11 is 0. The van der Waals surface area contributed by atoms with Gasteiger partial charge in [-0.05, 0) is 44.1 Å². The van der Waals surface area contributed by atoms with Crippen molar-refractivity contribution in [3.05, 3.63) is 0 Å². The molecular weight excluding hydrogens is 248 g/mol. The van der Waals surface area contributed by atoms with E-state index < -0.39 is 0 Å². The molecule has 1 saturated heterocycles. The summed E-state index contributed by atoms with van der Waals surface area (Å²) in [6.45, 7) is 12.4. The van der Waals surface area contributed by atoms with Crippen molar-refractivity contribution in [2.75, 3.05) is 32.8 Å². The van der Waals surface area contributed by atoms with Crippen molar-refractivity contribution in [3.63, 3.8) is 0 Å². The lowest BCUT2D eigenvalue weighted by Crippen LogP contribution is -2.50. The van der Waals surface area contributed by atoms with Crippen molar-refractivity contribution in [3.8, 4) is 0 Å². The van der Waals surface area contributed by atoms with Crippen LogP contribution >= 0.6 is 0 Å². The van der Waals surface area contributed by atoms with Crippen LogP contribution in [0.1, 0.15) is 52.9 Å². The Morgan fingerprint density at radius 1 is 1.15 bits per heavy atom. The van der Waals surface area contributed by atoms with Gasteiger partial charge in [-0.25, -0.2) is 0 Å². The molecule has 0 spiro atoms. The maximum Gasteiger partial charge on any atom is 0.0700 e. The predicted molar refractivity (Wildman–Crippen MR) is 85.1 cm³/mol. The molecule has 118 valence electrons. The van der Waals surface area contributed by atoms with Gasteiger partial charge in [0.05, 0.1) is 12.7 Å². The number of morpholine rings is 1. The van der Waals surface area contributed by atoms with E-state index in [-0.39, 0.29) is 0 Å². The summed E-state index contributed by atoms with van der Waals surface area (Å²) in [6, 6.07) is 0.741. The molecule has 20 heavy (non-hydrogen) atoms. The molecule has 0 aromatic heterocycles. The van der Waals surface area contributed by atoms with E-state index in [1.165, 1.54) is 32.2 Å². The summed E-state index contributed by atoms with van der Waals surface area (Å²) < 4.78 is 5.81. The Morgan fingerprint density at radius 2 is 2.00 bits per heavy atom. The molecule has 0 amide bonds. The second kappa shape index (κ2) is 8.35. The standard InChI is InChI=1S/C17H34N2O/c1-4-14-7-8-17(18-6-3)15(11-14)12-19-9-10-20-16(5-2)13-19/h14-18H,4-13H2,1-3H3. The third kappa shape index (κ3) is 4.44. The number of nitrogens with one attached hydrogen (secondary N) is 1. The van der Waals surface area contributed by atoms with Gasteiger partial charge in [0.25, 0.3) is 0 Å². The number of hydrogen-bond donors (Lipinski definition) is 1. The van der Waals surface area contributed by atoms with E-state index >= 15 is 0 Å². The van der Waals surface area contributed by atoms with Crippen LogP contribution in [0.25, 0.3) is 0 Å². The molecule has 3 nitrogen and oxygen atoms in total. The summed E-state index contributed by atoms with van der Waals surface area (Å²) in [4.78, 5) is 2.66. The topological polar surface area (TPSA) is 24.5 Å². The van der Waals surface area contributed by atoms with Gasteiger partial charge in [-0.1, -0.05) is 27.2 Å². The summed E-state index contributed by atoms with van der Waals surface area (Å²) in [5.41, 5.74) is 0. The summed E-state index contributed by atoms with van der Waals surface area (Å²) in [6.07, 6.45) is 7.18. The first-order valence-electron chi connectivity index (χ1n) is 8.84. The Hall–Kier alpha value is -0.120. The van der Waals surface area contributed by atoms with Crippen LogP contribution in [-0.2, 0) is 4.74 Å². The molecule has 1 heterocycles. The smallest absolute Gasteiger partial charge is 0.0700 e. The lowest BCUT2D eigenvalue weighted by Gasteiger charge is -2.41. The molecule has 1 aliphatic heterocycles. The number of hydrogen-bond acceptors (Lipinski definition) is 3. The normalized spacial score (nSPS) is 36.1. The Labute approximate surface area is 125 Å². The maximum atomic E-state index is 5.81. The van der Waals surface area contributed by atoms with Crippen LogP contribution in [0, 0.1) is 11.8 Å². The highest BCUT2D eigenvalue weighted by Gasteiger charge is 2.31. The first kappa shape index (κ1) is 16.3. The van der Waals surface area contributed by atoms with E-state index in [2.05, 4.69) is 31.0 Å². The SMILES string of the molecule is CCNC1CCC(CC)CC1CN1CCOC(CC)C1. The lowest BCUT2D eigenvalue weighted by atomic mass is 9.76. The van der Waals surface area contributed by atoms with Gasteiger partial charge in [-0.2, -0.15) is 0 Å². The van der Waals surface area contributed by atoms with Crippen LogP contribution < -0.4 is 5.32 Å². The molecule has 1 aliphatic carbocycles. The van der Waals surface area contributed by atoms with E-state index in [0.29, 0.717) is 6.10 Å². The minimum absolute atomic E-state index is 0.465. The average Bonchev–Trinajstić information content (AvgIpc) is 2.49. The van der Waals surface area contributed by atoms with Crippen LogP contribution in [0.5, 0.6) is 0 Å². The van der Waals surface area contributed by atoms with Crippen LogP contribution in [0.2, 0.25) is 0 Å². The third-order valence-electron chi connectivity index (χ3n) is 5.31. The Kier molecular flexibility index (Phi) is 6.79. The number of nitrogens with zero attached hydrogens (tertiary/aromatic N) is 1. The van der Waals surface area contributed by atoms with Gasteiger partial charge >= 0.3 is 0 Å². The summed E-state index contributed by atoms with van der Waals surface area (Å²) in [5, 5.41) is 3.74. The van der Waals surface area contributed by atoms with Crippen molar-refractivity contribution in [1.29, 1.82) is 0 Å². The lowest BCUT2D eigenvalue weighted by molar-refractivity contribution is -0.0384. The molecule has 0 aromatic rings. The van der Waals surface area contributed by atoms with E-state index in [9.17, 15) is 0 Å². The fourth-order valence-electron chi connectivity index (χ4n) is 3.99. The Morgan fingerprint density at radius 3 is 2.70 bits per heavy atom. The van der Waals surface area contributed by atoms with Gasteiger partial charge in [-0.3, -0.25) is 4.90 Å². The van der Waals surface area contributed by atoms with Crippen LogP contribution in [0.4, 0.5) is 0 Å². The molecule has 2 rings (SSSR count). The highest BCUT2D eigenvalue weighted by Crippen LogP contribution is 2.32. The molecule has 3 heteroatoms. The van der Waals surface area contributed by atoms with E-state index in [4.69, 9.17) is 4.74 Å². The highest BCUT2D eigenvalue weighted by atomic mass is 16.5. The molecule has 4 unspecified atom stereocenters. The molecule has 2 fully saturated rings. The fraction of sp³-hybridized carbons (Fsp3) is 1.00. The molecule has 0 aromatic carbocycles. The highest BCUT2D eigenvalue weighted by molar-refractivity contribution is 4.87. The van der Waals surface area contributed by atoms with E-state index in [1.54, 1.807) is 0 Å². The minimum Gasteiger partial charge on any atom is -0.376 e. The number of rotatable bonds is 6. The van der Waals surface area contributed by atoms with Gasteiger partial charge < -0.3 is 10.1 Å². The molecule has 4 atom stereocenters. The molecular formula is C17H34N2O. The molecule has 0 radical (unpaired) electrons. The van der Waals surface area contributed by atoms with Gasteiger partial charge in [0.15, 0.2) is 0 Å². The second-order valence-electron chi connectivity index (χ2n) is 6.67. The van der Waals surface area contributed by atoms with Crippen molar-refractivity contribution in [2.45, 2.75) is 65.0 Å². The van der Waals surface area contributed by atoms with Gasteiger partial charge in [-0.15, -0.1) is 0 Å². The average molecular weight is 282 g/mol. The van der Waals surface area contributed by atoms with Gasteiger partial charge in [0.2, 0.25) is 0 Å². The van der Waals surface area contributed by atoms with Gasteiger partial charge in [0, 0.05) is 25.7 Å². The zero-order valence-corrected chi connectivity index (χ0v) is 13.7. The molecule has 0 bridgehead atoms. The first-order valence-corrected chi connectivity index (χ1v) is 8.84. The summed E-state index contributed by atoms with van der Waals surface area (Å²) in [7, 11) is 0. The summed E-state index contributed by atoms with van der Waals surface area (Å²) in [5.74, 6) is 1.79. The fourth-order valence-corrected chi connectivity index (χ4v) is 3.99. The zero-order valence-electron chi connectivity index (χ0n) is 13.7. The monoisotopic (exact) mass is 282 g/mol. The third-order valence-corrected chi connectivity index (χ3v) is 5.31. The van der Waals surface area contributed by atoms with Crippen LogP contribution in [0.15, 0.2) is 0 Å². The van der Waals surface area contributed by atoms with Crippen molar-refractivity contribution in [2.24, 2.45) is 11.8 Å². The van der Waals surface area contributed by atoms with E-state index in [0.717, 1.165) is 50.5 Å². The molecule has 1 saturated carbocycles. The van der Waals surface area contributed by atoms with Crippen LogP contribution in [0.3, 0.4) is 0 Å². The van der Waals surface area contributed by atoms with Crippen molar-refractivity contribution >= 4 is 0 Å². The van der Waals surface area contributed by atoms with Crippen LogP contribution in [-0.4, -0.2) is 49.8 Å². The second-order valence-corrected chi connectivity index (χ2v) is 6.67. The molecule has 1 N–H and O–H groups in total. The zero-order chi connectivity index (χ0) is 14.4. The largest absolute Gasteiger partial charge is 0.376 e. The minimum atomic E-state index is 0.465. The quantitative estimate of drug-likeness (QED) is 0.811. The molecule has 2 aliphatic rings. The van der Waals surface area contributed by atoms with E-state index in [1.807, 2.05) is 0 Å². The van der Waals surface area contributed by atoms with Crippen molar-refractivity contribution < 1.29 is 4.74 Å². The maximum absolute atomic E-state index is 5.81. The Bertz CT molecular complexity index is 272. The first-order chi connectivity index (χ1) is 9.76.